The summed E-state index contributed by atoms with van der Waals surface area (Å²) < 4.78 is 0. The minimum Gasteiger partial charge on any atom is -0.480 e. The fourth-order valence-corrected chi connectivity index (χ4v) is 2.09. The van der Waals surface area contributed by atoms with E-state index in [4.69, 9.17) is 15.9 Å². The highest BCUT2D eigenvalue weighted by Crippen LogP contribution is 2.04. The molecule has 0 aromatic heterocycles. The highest BCUT2D eigenvalue weighted by Gasteiger charge is 2.26. The second-order valence-electron chi connectivity index (χ2n) is 5.90. The Morgan fingerprint density at radius 2 is 1.67 bits per heavy atom. The summed E-state index contributed by atoms with van der Waals surface area (Å²) in [6.07, 6.45) is 0.0947. The Morgan fingerprint density at radius 1 is 1.04 bits per heavy atom. The Kier molecular flexibility index (Phi) is 8.90. The fourth-order valence-electron chi connectivity index (χ4n) is 2.09. The summed E-state index contributed by atoms with van der Waals surface area (Å²) in [5.41, 5.74) is 6.12. The number of aliphatic carboxylic acids is 1. The number of carbonyl (C=O) groups is 4. The van der Waals surface area contributed by atoms with Gasteiger partial charge in [-0.3, -0.25) is 14.4 Å². The molecular weight excluding hydrogens is 356 g/mol. The molecule has 0 aliphatic heterocycles. The van der Waals surface area contributed by atoms with Crippen LogP contribution in [0, 0.1) is 0 Å². The Hall–Kier alpha value is -2.98. The molecule has 0 bridgehead atoms. The summed E-state index contributed by atoms with van der Waals surface area (Å²) in [7, 11) is 0. The summed E-state index contributed by atoms with van der Waals surface area (Å²) in [6, 6.07) is 5.39. The van der Waals surface area contributed by atoms with Gasteiger partial charge in [0.25, 0.3) is 0 Å². The molecule has 0 saturated carbocycles. The lowest BCUT2D eigenvalue weighted by atomic mass is 10.0. The van der Waals surface area contributed by atoms with Gasteiger partial charge >= 0.3 is 5.97 Å². The van der Waals surface area contributed by atoms with Gasteiger partial charge in [-0.05, 0) is 12.5 Å². The lowest BCUT2D eigenvalue weighted by Crippen LogP contribution is -2.55. The van der Waals surface area contributed by atoms with Gasteiger partial charge in [0.1, 0.15) is 12.1 Å². The van der Waals surface area contributed by atoms with Crippen LogP contribution in [0.4, 0.5) is 0 Å². The highest BCUT2D eigenvalue weighted by molar-refractivity contribution is 5.92. The quantitative estimate of drug-likeness (QED) is 0.266. The number of carboxylic acids is 1. The molecule has 1 rings (SSSR count). The number of carboxylic acid groups (broad SMARTS) is 1. The first-order chi connectivity index (χ1) is 12.7. The highest BCUT2D eigenvalue weighted by atomic mass is 16.4. The summed E-state index contributed by atoms with van der Waals surface area (Å²) in [6.45, 7) is 0.276. The zero-order chi connectivity index (χ0) is 20.4. The van der Waals surface area contributed by atoms with Crippen LogP contribution < -0.4 is 21.7 Å². The van der Waals surface area contributed by atoms with Gasteiger partial charge in [0.05, 0.1) is 19.2 Å². The van der Waals surface area contributed by atoms with Gasteiger partial charge in [-0.2, -0.15) is 0 Å². The Bertz CT molecular complexity index is 665. The van der Waals surface area contributed by atoms with Crippen molar-refractivity contribution in [2.24, 2.45) is 5.73 Å². The number of hydrogen-bond donors (Lipinski definition) is 6. The van der Waals surface area contributed by atoms with Crippen LogP contribution in [0.2, 0.25) is 0 Å². The van der Waals surface area contributed by atoms with Crippen LogP contribution in [0.3, 0.4) is 0 Å². The first-order valence-corrected chi connectivity index (χ1v) is 8.25. The third kappa shape index (κ3) is 7.84. The van der Waals surface area contributed by atoms with Gasteiger partial charge in [0.15, 0.2) is 0 Å². The van der Waals surface area contributed by atoms with Gasteiger partial charge in [-0.25, -0.2) is 4.79 Å². The molecule has 27 heavy (non-hydrogen) atoms. The summed E-state index contributed by atoms with van der Waals surface area (Å²) in [5.74, 6) is -3.34. The van der Waals surface area contributed by atoms with E-state index in [-0.39, 0.29) is 13.0 Å². The van der Waals surface area contributed by atoms with E-state index < -0.39 is 48.4 Å². The van der Waals surface area contributed by atoms with Crippen molar-refractivity contribution in [1.29, 1.82) is 0 Å². The van der Waals surface area contributed by atoms with E-state index in [0.29, 0.717) is 0 Å². The molecule has 0 spiro atoms. The minimum atomic E-state index is -1.49. The van der Waals surface area contributed by atoms with Crippen LogP contribution in [-0.2, 0) is 25.6 Å². The van der Waals surface area contributed by atoms with Crippen molar-refractivity contribution in [3.63, 3.8) is 0 Å². The molecule has 0 fully saturated rings. The molecule has 0 aliphatic rings. The smallest absolute Gasteiger partial charge is 0.328 e. The Morgan fingerprint density at radius 3 is 2.19 bits per heavy atom. The van der Waals surface area contributed by atoms with E-state index in [1.54, 1.807) is 30.3 Å². The van der Waals surface area contributed by atoms with Crippen molar-refractivity contribution < 1.29 is 29.4 Å². The maximum absolute atomic E-state index is 12.4. The molecule has 0 aliphatic carbocycles. The van der Waals surface area contributed by atoms with Gasteiger partial charge in [0.2, 0.25) is 17.7 Å². The molecule has 0 heterocycles. The summed E-state index contributed by atoms with van der Waals surface area (Å²) in [5, 5.41) is 24.9. The summed E-state index contributed by atoms with van der Waals surface area (Å²) >= 11 is 0. The molecule has 1 aromatic rings. The monoisotopic (exact) mass is 380 g/mol. The molecule has 10 nitrogen and oxygen atoms in total. The van der Waals surface area contributed by atoms with Crippen molar-refractivity contribution in [3.8, 4) is 0 Å². The van der Waals surface area contributed by atoms with Crippen molar-refractivity contribution in [2.75, 3.05) is 13.2 Å². The van der Waals surface area contributed by atoms with Crippen LogP contribution in [0.5, 0.6) is 0 Å². The molecule has 3 atom stereocenters. The number of hydrogen-bond acceptors (Lipinski definition) is 6. The van der Waals surface area contributed by atoms with E-state index in [2.05, 4.69) is 16.0 Å². The van der Waals surface area contributed by atoms with Crippen molar-refractivity contribution in [1.82, 2.24) is 16.0 Å². The summed E-state index contributed by atoms with van der Waals surface area (Å²) in [4.78, 5) is 46.9. The van der Waals surface area contributed by atoms with E-state index in [1.807, 2.05) is 0 Å². The number of carbonyl (C=O) groups excluding carboxylic acids is 3. The lowest BCUT2D eigenvalue weighted by Gasteiger charge is -2.21. The predicted molar refractivity (Wildman–Crippen MR) is 95.4 cm³/mol. The van der Waals surface area contributed by atoms with E-state index in [0.717, 1.165) is 5.56 Å². The molecule has 7 N–H and O–H groups in total. The maximum Gasteiger partial charge on any atom is 0.328 e. The molecule has 0 saturated heterocycles. The second kappa shape index (κ2) is 10.9. The molecule has 3 unspecified atom stereocenters. The largest absolute Gasteiger partial charge is 0.480 e. The molecule has 10 heteroatoms. The number of benzene rings is 1. The number of rotatable bonds is 10. The van der Waals surface area contributed by atoms with Crippen molar-refractivity contribution in [2.45, 2.75) is 31.5 Å². The Labute approximate surface area is 156 Å². The lowest BCUT2D eigenvalue weighted by molar-refractivity contribution is -0.143. The van der Waals surface area contributed by atoms with Crippen LogP contribution in [-0.4, -0.2) is 65.2 Å². The molecule has 3 amide bonds. The zero-order valence-electron chi connectivity index (χ0n) is 14.8. The first-order valence-electron chi connectivity index (χ1n) is 8.25. The minimum absolute atomic E-state index is 0.0947. The van der Waals surface area contributed by atoms with Crippen LogP contribution in [0.1, 0.15) is 12.5 Å². The third-order valence-electron chi connectivity index (χ3n) is 3.57. The number of nitrogens with two attached hydrogens (primary N) is 1. The van der Waals surface area contributed by atoms with E-state index in [9.17, 15) is 19.2 Å². The van der Waals surface area contributed by atoms with Crippen molar-refractivity contribution in [3.05, 3.63) is 35.9 Å². The van der Waals surface area contributed by atoms with Gasteiger partial charge in [0, 0.05) is 6.42 Å². The second-order valence-corrected chi connectivity index (χ2v) is 5.90. The topological polar surface area (TPSA) is 171 Å². The van der Waals surface area contributed by atoms with Gasteiger partial charge < -0.3 is 31.9 Å². The molecule has 0 radical (unpaired) electrons. The SMILES string of the molecule is CC(N)C(=O)NCC(=O)NC(Cc1ccccc1)C(=O)NC(CO)C(=O)O. The van der Waals surface area contributed by atoms with E-state index >= 15 is 0 Å². The Balaban J connectivity index is 2.81. The number of aliphatic hydroxyl groups is 1. The van der Waals surface area contributed by atoms with Crippen LogP contribution in [0.25, 0.3) is 0 Å². The normalized spacial score (nSPS) is 13.7. The van der Waals surface area contributed by atoms with Crippen LogP contribution >= 0.6 is 0 Å². The van der Waals surface area contributed by atoms with Crippen LogP contribution in [0.15, 0.2) is 30.3 Å². The number of aliphatic hydroxyl groups excluding tert-OH is 1. The average molecular weight is 380 g/mol. The molecule has 148 valence electrons. The molecule has 1 aromatic carbocycles. The van der Waals surface area contributed by atoms with Crippen molar-refractivity contribution >= 4 is 23.7 Å². The first kappa shape index (κ1) is 22.1. The number of amides is 3. The third-order valence-corrected chi connectivity index (χ3v) is 3.57. The zero-order valence-corrected chi connectivity index (χ0v) is 14.8. The maximum atomic E-state index is 12.4. The number of nitrogens with one attached hydrogen (secondary N) is 3. The van der Waals surface area contributed by atoms with Gasteiger partial charge in [-0.15, -0.1) is 0 Å². The standard InChI is InChI=1S/C17H24N4O6/c1-10(18)15(24)19-8-14(23)20-12(7-11-5-3-2-4-6-11)16(25)21-13(9-22)17(26)27/h2-6,10,12-13,22H,7-9,18H2,1H3,(H,19,24)(H,20,23)(H,21,25)(H,26,27). The van der Waals surface area contributed by atoms with E-state index in [1.165, 1.54) is 6.92 Å². The average Bonchev–Trinajstić information content (AvgIpc) is 2.63. The fraction of sp³-hybridized carbons (Fsp3) is 0.412. The van der Waals surface area contributed by atoms with Gasteiger partial charge in [-0.1, -0.05) is 30.3 Å². The molecular formula is C17H24N4O6. The predicted octanol–water partition coefficient (Wildman–Crippen LogP) is -2.26.